The van der Waals surface area contributed by atoms with Gasteiger partial charge in [-0.3, -0.25) is 4.57 Å². The lowest BCUT2D eigenvalue weighted by Crippen LogP contribution is -2.27. The van der Waals surface area contributed by atoms with Crippen LogP contribution in [-0.2, 0) is 9.47 Å². The number of aromatic nitrogens is 1. The van der Waals surface area contributed by atoms with E-state index in [4.69, 9.17) is 9.47 Å². The van der Waals surface area contributed by atoms with Crippen molar-refractivity contribution >= 4 is 18.3 Å². The average molecular weight is 445 g/mol. The van der Waals surface area contributed by atoms with Crippen molar-refractivity contribution in [2.75, 3.05) is 13.2 Å². The standard InChI is InChI=1S/C27H28N2O4/c1-27(2,3)33-26(31)29-17-9-11-19(29)10-8-16-28-25(30)32-18-24-22-14-6-4-12-20(22)21-13-5-7-15-23(21)24/h4-15,17,24H,16,18H2,1-3H3,(H,28,30). The number of nitrogens with zero attached hydrogens (tertiary/aromatic N) is 1. The van der Waals surface area contributed by atoms with Crippen LogP contribution in [-0.4, -0.2) is 35.5 Å². The van der Waals surface area contributed by atoms with Gasteiger partial charge < -0.3 is 14.8 Å². The van der Waals surface area contributed by atoms with Crippen molar-refractivity contribution in [3.8, 4) is 11.1 Å². The van der Waals surface area contributed by atoms with Crippen molar-refractivity contribution in [3.63, 3.8) is 0 Å². The fraction of sp³-hybridized carbons (Fsp3) is 0.259. The number of carbonyl (C=O) groups is 2. The Kier molecular flexibility index (Phi) is 6.36. The van der Waals surface area contributed by atoms with Gasteiger partial charge in [-0.1, -0.05) is 54.6 Å². The molecule has 1 heterocycles. The lowest BCUT2D eigenvalue weighted by atomic mass is 9.98. The first-order valence-corrected chi connectivity index (χ1v) is 11.0. The normalized spacial score (nSPS) is 12.9. The van der Waals surface area contributed by atoms with Gasteiger partial charge in [0.25, 0.3) is 0 Å². The van der Waals surface area contributed by atoms with Gasteiger partial charge in [0.1, 0.15) is 12.2 Å². The van der Waals surface area contributed by atoms with Gasteiger partial charge in [-0.2, -0.15) is 0 Å². The summed E-state index contributed by atoms with van der Waals surface area (Å²) in [5.41, 5.74) is 4.83. The molecule has 2 aromatic carbocycles. The summed E-state index contributed by atoms with van der Waals surface area (Å²) in [6.07, 6.45) is 4.23. The van der Waals surface area contributed by atoms with E-state index in [1.807, 2.05) is 45.0 Å². The van der Waals surface area contributed by atoms with Gasteiger partial charge in [0.05, 0.1) is 5.69 Å². The minimum absolute atomic E-state index is 0.0239. The molecule has 0 spiro atoms. The van der Waals surface area contributed by atoms with E-state index in [0.29, 0.717) is 5.69 Å². The van der Waals surface area contributed by atoms with Crippen molar-refractivity contribution in [2.45, 2.75) is 32.3 Å². The highest BCUT2D eigenvalue weighted by molar-refractivity contribution is 5.79. The number of hydrogen-bond acceptors (Lipinski definition) is 4. The van der Waals surface area contributed by atoms with Crippen molar-refractivity contribution in [1.82, 2.24) is 9.88 Å². The Morgan fingerprint density at radius 3 is 2.24 bits per heavy atom. The molecule has 0 bridgehead atoms. The number of hydrogen-bond donors (Lipinski definition) is 1. The maximum Gasteiger partial charge on any atom is 0.418 e. The minimum Gasteiger partial charge on any atom is -0.449 e. The maximum absolute atomic E-state index is 12.3. The number of fused-ring (bicyclic) bond motifs is 3. The summed E-state index contributed by atoms with van der Waals surface area (Å²) in [7, 11) is 0. The lowest BCUT2D eigenvalue weighted by molar-refractivity contribution is 0.0536. The Morgan fingerprint density at radius 1 is 0.970 bits per heavy atom. The average Bonchev–Trinajstić information content (AvgIpc) is 3.37. The van der Waals surface area contributed by atoms with Crippen LogP contribution in [0.1, 0.15) is 43.5 Å². The zero-order valence-electron chi connectivity index (χ0n) is 19.1. The molecule has 0 radical (unpaired) electrons. The fourth-order valence-corrected chi connectivity index (χ4v) is 3.98. The van der Waals surface area contributed by atoms with Crippen LogP contribution in [0.25, 0.3) is 17.2 Å². The molecule has 1 aliphatic rings. The van der Waals surface area contributed by atoms with E-state index in [1.165, 1.54) is 26.8 Å². The molecule has 1 amide bonds. The zero-order chi connectivity index (χ0) is 23.4. The monoisotopic (exact) mass is 444 g/mol. The fourth-order valence-electron chi connectivity index (χ4n) is 3.98. The summed E-state index contributed by atoms with van der Waals surface area (Å²) >= 11 is 0. The molecule has 1 aromatic heterocycles. The highest BCUT2D eigenvalue weighted by atomic mass is 16.6. The Labute approximate surface area is 193 Å². The predicted octanol–water partition coefficient (Wildman–Crippen LogP) is 5.82. The van der Waals surface area contributed by atoms with Crippen LogP contribution in [0.15, 0.2) is 72.9 Å². The van der Waals surface area contributed by atoms with Gasteiger partial charge in [0, 0.05) is 18.7 Å². The second kappa shape index (κ2) is 9.36. The number of nitrogens with one attached hydrogen (secondary N) is 1. The van der Waals surface area contributed by atoms with E-state index in [2.05, 4.69) is 29.6 Å². The second-order valence-electron chi connectivity index (χ2n) is 8.89. The van der Waals surface area contributed by atoms with Crippen LogP contribution >= 0.6 is 0 Å². The van der Waals surface area contributed by atoms with E-state index in [9.17, 15) is 9.59 Å². The molecule has 1 N–H and O–H groups in total. The molecule has 33 heavy (non-hydrogen) atoms. The number of carbonyl (C=O) groups excluding carboxylic acids is 2. The minimum atomic E-state index is -0.575. The molecule has 0 unspecified atom stereocenters. The van der Waals surface area contributed by atoms with Crippen LogP contribution < -0.4 is 5.32 Å². The van der Waals surface area contributed by atoms with Crippen LogP contribution in [0.5, 0.6) is 0 Å². The third-order valence-electron chi connectivity index (χ3n) is 5.37. The van der Waals surface area contributed by atoms with Gasteiger partial charge in [-0.15, -0.1) is 0 Å². The van der Waals surface area contributed by atoms with Crippen LogP contribution in [0.3, 0.4) is 0 Å². The Hall–Kier alpha value is -3.80. The molecule has 0 saturated heterocycles. The summed E-state index contributed by atoms with van der Waals surface area (Å²) in [6, 6.07) is 20.0. The third kappa shape index (κ3) is 5.17. The largest absolute Gasteiger partial charge is 0.449 e. The summed E-state index contributed by atoms with van der Waals surface area (Å²) < 4.78 is 12.4. The molecule has 1 aliphatic carbocycles. The van der Waals surface area contributed by atoms with E-state index in [-0.39, 0.29) is 19.1 Å². The molecule has 0 saturated carbocycles. The number of benzene rings is 2. The van der Waals surface area contributed by atoms with Gasteiger partial charge in [-0.25, -0.2) is 9.59 Å². The van der Waals surface area contributed by atoms with Crippen LogP contribution in [0, 0.1) is 0 Å². The zero-order valence-corrected chi connectivity index (χ0v) is 19.1. The number of amides is 1. The van der Waals surface area contributed by atoms with Crippen molar-refractivity contribution < 1.29 is 19.1 Å². The molecule has 3 aromatic rings. The number of rotatable bonds is 5. The molecule has 0 fully saturated rings. The van der Waals surface area contributed by atoms with Crippen LogP contribution in [0.4, 0.5) is 9.59 Å². The highest BCUT2D eigenvalue weighted by Gasteiger charge is 2.28. The van der Waals surface area contributed by atoms with Gasteiger partial charge in [0.15, 0.2) is 0 Å². The highest BCUT2D eigenvalue weighted by Crippen LogP contribution is 2.44. The quantitative estimate of drug-likeness (QED) is 0.538. The molecular formula is C27H28N2O4. The maximum atomic E-state index is 12.3. The van der Waals surface area contributed by atoms with E-state index < -0.39 is 17.8 Å². The first kappa shape index (κ1) is 22.4. The number of alkyl carbamates (subject to hydrolysis) is 1. The van der Waals surface area contributed by atoms with Crippen molar-refractivity contribution in [2.24, 2.45) is 0 Å². The summed E-state index contributed by atoms with van der Waals surface area (Å²) in [4.78, 5) is 24.6. The van der Waals surface area contributed by atoms with E-state index in [0.717, 1.165) is 0 Å². The van der Waals surface area contributed by atoms with E-state index >= 15 is 0 Å². The molecule has 0 atom stereocenters. The smallest absolute Gasteiger partial charge is 0.418 e. The van der Waals surface area contributed by atoms with Gasteiger partial charge in [-0.05, 0) is 61.2 Å². The molecular weight excluding hydrogens is 416 g/mol. The van der Waals surface area contributed by atoms with Crippen molar-refractivity contribution in [3.05, 3.63) is 89.8 Å². The van der Waals surface area contributed by atoms with E-state index in [1.54, 1.807) is 30.5 Å². The van der Waals surface area contributed by atoms with Gasteiger partial charge >= 0.3 is 12.2 Å². The second-order valence-corrected chi connectivity index (χ2v) is 8.89. The molecule has 0 aliphatic heterocycles. The summed E-state index contributed by atoms with van der Waals surface area (Å²) in [5, 5.41) is 2.73. The first-order chi connectivity index (χ1) is 15.8. The molecule has 6 heteroatoms. The Bertz CT molecular complexity index is 1140. The van der Waals surface area contributed by atoms with Crippen molar-refractivity contribution in [1.29, 1.82) is 0 Å². The summed E-state index contributed by atoms with van der Waals surface area (Å²) in [5.74, 6) is 0.0239. The van der Waals surface area contributed by atoms with Crippen LogP contribution in [0.2, 0.25) is 0 Å². The Balaban J connectivity index is 1.31. The Morgan fingerprint density at radius 2 is 1.61 bits per heavy atom. The predicted molar refractivity (Wildman–Crippen MR) is 128 cm³/mol. The molecule has 6 nitrogen and oxygen atoms in total. The molecule has 4 rings (SSSR count). The number of ether oxygens (including phenoxy) is 2. The lowest BCUT2D eigenvalue weighted by Gasteiger charge is -2.20. The third-order valence-corrected chi connectivity index (χ3v) is 5.37. The molecule has 170 valence electrons. The topological polar surface area (TPSA) is 69.6 Å². The first-order valence-electron chi connectivity index (χ1n) is 11.0. The SMILES string of the molecule is CC(C)(C)OC(=O)n1cccc1C=CCNC(=O)OCC1c2ccccc2-c2ccccc21. The summed E-state index contributed by atoms with van der Waals surface area (Å²) in [6.45, 7) is 6.01. The van der Waals surface area contributed by atoms with Gasteiger partial charge in [0.2, 0.25) is 0 Å².